The van der Waals surface area contributed by atoms with E-state index in [2.05, 4.69) is 9.47 Å². The molecule has 0 fully saturated rings. The standard InChI is InChI=1S/C22H18F12O2/c1-11-5-12(2)8-15(7-11)35-21(31,32)19(27,28)17(23,24)18(25,26)20(29,30)22(33,34)36-16-9-13(3)6-14(4)10-16/h5-10H,1-4H3. The van der Waals surface area contributed by atoms with E-state index < -0.39 is 47.4 Å². The normalized spacial score (nSPS) is 14.1. The van der Waals surface area contributed by atoms with Crippen molar-refractivity contribution in [1.29, 1.82) is 0 Å². The molecule has 0 aliphatic rings. The highest BCUT2D eigenvalue weighted by Gasteiger charge is 2.92. The van der Waals surface area contributed by atoms with E-state index in [0.29, 0.717) is 24.3 Å². The first-order chi connectivity index (χ1) is 16.0. The second kappa shape index (κ2) is 8.94. The molecule has 0 atom stereocenters. The molecule has 0 aliphatic heterocycles. The summed E-state index contributed by atoms with van der Waals surface area (Å²) in [5.74, 6) is -32.8. The van der Waals surface area contributed by atoms with Gasteiger partial charge in [-0.15, -0.1) is 0 Å². The van der Waals surface area contributed by atoms with Gasteiger partial charge in [0.05, 0.1) is 0 Å². The van der Waals surface area contributed by atoms with E-state index in [4.69, 9.17) is 0 Å². The minimum absolute atomic E-state index is 0.0934. The quantitative estimate of drug-likeness (QED) is 0.298. The van der Waals surface area contributed by atoms with E-state index in [1.165, 1.54) is 39.8 Å². The second-order valence-electron chi connectivity index (χ2n) is 8.18. The van der Waals surface area contributed by atoms with Gasteiger partial charge in [0.2, 0.25) is 0 Å². The molecule has 36 heavy (non-hydrogen) atoms. The van der Waals surface area contributed by atoms with Gasteiger partial charge in [-0.1, -0.05) is 12.1 Å². The molecule has 0 amide bonds. The van der Waals surface area contributed by atoms with Crippen molar-refractivity contribution in [2.24, 2.45) is 0 Å². The summed E-state index contributed by atoms with van der Waals surface area (Å²) in [6.45, 7) is 4.99. The molecule has 0 aromatic heterocycles. The van der Waals surface area contributed by atoms with Crippen LogP contribution in [0, 0.1) is 27.7 Å². The van der Waals surface area contributed by atoms with E-state index >= 15 is 0 Å². The maximum atomic E-state index is 14.1. The van der Waals surface area contributed by atoms with Crippen LogP contribution in [0.5, 0.6) is 11.5 Å². The summed E-state index contributed by atoms with van der Waals surface area (Å²) in [6.07, 6.45) is -13.1. The van der Waals surface area contributed by atoms with Crippen molar-refractivity contribution in [1.82, 2.24) is 0 Å². The van der Waals surface area contributed by atoms with Crippen molar-refractivity contribution in [3.05, 3.63) is 58.7 Å². The molecule has 2 nitrogen and oxygen atoms in total. The predicted molar refractivity (Wildman–Crippen MR) is 103 cm³/mol. The van der Waals surface area contributed by atoms with E-state index in [1.807, 2.05) is 0 Å². The van der Waals surface area contributed by atoms with Crippen molar-refractivity contribution in [2.75, 3.05) is 0 Å². The van der Waals surface area contributed by atoms with Crippen LogP contribution in [-0.2, 0) is 0 Å². The van der Waals surface area contributed by atoms with Gasteiger partial charge in [-0.05, 0) is 74.2 Å². The number of ether oxygens (including phenoxy) is 2. The van der Waals surface area contributed by atoms with Crippen LogP contribution in [0.25, 0.3) is 0 Å². The molecule has 0 bridgehead atoms. The topological polar surface area (TPSA) is 18.5 Å². The highest BCUT2D eigenvalue weighted by Crippen LogP contribution is 2.60. The Hall–Kier alpha value is -2.80. The Balaban J connectivity index is 2.48. The van der Waals surface area contributed by atoms with Crippen LogP contribution in [0.2, 0.25) is 0 Å². The van der Waals surface area contributed by atoms with Gasteiger partial charge >= 0.3 is 35.9 Å². The Morgan fingerprint density at radius 1 is 0.389 bits per heavy atom. The Morgan fingerprint density at radius 3 is 0.833 bits per heavy atom. The van der Waals surface area contributed by atoms with Gasteiger partial charge in [0.1, 0.15) is 11.5 Å². The molecule has 0 saturated heterocycles. The van der Waals surface area contributed by atoms with Crippen molar-refractivity contribution in [2.45, 2.75) is 63.6 Å². The zero-order chi connectivity index (χ0) is 28.1. The zero-order valence-electron chi connectivity index (χ0n) is 18.8. The summed E-state index contributed by atoms with van der Waals surface area (Å²) in [6, 6.07) is 5.15. The maximum absolute atomic E-state index is 14.1. The fourth-order valence-corrected chi connectivity index (χ4v) is 3.17. The monoisotopic (exact) mass is 542 g/mol. The lowest BCUT2D eigenvalue weighted by molar-refractivity contribution is -0.461. The molecule has 0 N–H and O–H groups in total. The minimum Gasteiger partial charge on any atom is -0.428 e. The fourth-order valence-electron chi connectivity index (χ4n) is 3.17. The third-order valence-electron chi connectivity index (χ3n) is 4.80. The third-order valence-corrected chi connectivity index (χ3v) is 4.80. The molecule has 2 aromatic rings. The number of hydrogen-bond acceptors (Lipinski definition) is 2. The largest absolute Gasteiger partial charge is 0.471 e. The number of alkyl halides is 12. The SMILES string of the molecule is Cc1cc(C)cc(OC(F)(F)C(F)(F)C(F)(F)C(F)(F)C(F)(F)C(F)(F)Oc2cc(C)cc(C)c2)c1. The molecule has 0 saturated carbocycles. The van der Waals surface area contributed by atoms with E-state index in [1.54, 1.807) is 0 Å². The highest BCUT2D eigenvalue weighted by molar-refractivity contribution is 5.34. The minimum atomic E-state index is -7.78. The van der Waals surface area contributed by atoms with Gasteiger partial charge < -0.3 is 9.47 Å². The highest BCUT2D eigenvalue weighted by atomic mass is 19.4. The Kier molecular flexibility index (Phi) is 7.31. The molecule has 202 valence electrons. The molecular weight excluding hydrogens is 524 g/mol. The summed E-state index contributed by atoms with van der Waals surface area (Å²) in [7, 11) is 0. The smallest absolute Gasteiger partial charge is 0.428 e. The predicted octanol–water partition coefficient (Wildman–Crippen LogP) is 8.10. The summed E-state index contributed by atoms with van der Waals surface area (Å²) in [5.41, 5.74) is 0.374. The first-order valence-electron chi connectivity index (χ1n) is 9.80. The van der Waals surface area contributed by atoms with Crippen molar-refractivity contribution in [3.8, 4) is 11.5 Å². The summed E-state index contributed by atoms with van der Waals surface area (Å²) >= 11 is 0. The van der Waals surface area contributed by atoms with E-state index in [0.717, 1.165) is 0 Å². The molecule has 2 aromatic carbocycles. The first-order valence-corrected chi connectivity index (χ1v) is 9.80. The molecule has 2 rings (SSSR count). The van der Waals surface area contributed by atoms with Gasteiger partial charge in [0, 0.05) is 0 Å². The average Bonchev–Trinajstić information content (AvgIpc) is 2.64. The molecular formula is C22H18F12O2. The van der Waals surface area contributed by atoms with Crippen LogP contribution < -0.4 is 9.47 Å². The van der Waals surface area contributed by atoms with Gasteiger partial charge in [-0.2, -0.15) is 52.7 Å². The summed E-state index contributed by atoms with van der Waals surface area (Å²) in [4.78, 5) is 0. The number of rotatable bonds is 9. The first kappa shape index (κ1) is 29.4. The summed E-state index contributed by atoms with van der Waals surface area (Å²) in [5, 5.41) is 0. The van der Waals surface area contributed by atoms with Crippen LogP contribution in [0.3, 0.4) is 0 Å². The second-order valence-corrected chi connectivity index (χ2v) is 8.18. The van der Waals surface area contributed by atoms with Gasteiger partial charge in [0.25, 0.3) is 0 Å². The Bertz CT molecular complexity index is 984. The lowest BCUT2D eigenvalue weighted by Crippen LogP contribution is -2.72. The molecule has 0 spiro atoms. The van der Waals surface area contributed by atoms with Crippen LogP contribution in [0.1, 0.15) is 22.3 Å². The Morgan fingerprint density at radius 2 is 0.611 bits per heavy atom. The van der Waals surface area contributed by atoms with E-state index in [9.17, 15) is 52.7 Å². The molecule has 0 radical (unpaired) electrons. The molecule has 0 aliphatic carbocycles. The molecule has 0 heterocycles. The average molecular weight is 542 g/mol. The Labute approximate surface area is 196 Å². The van der Waals surface area contributed by atoms with Crippen molar-refractivity contribution >= 4 is 0 Å². The molecule has 0 unspecified atom stereocenters. The third kappa shape index (κ3) is 4.90. The lowest BCUT2D eigenvalue weighted by Gasteiger charge is -2.40. The van der Waals surface area contributed by atoms with E-state index in [-0.39, 0.29) is 22.3 Å². The zero-order valence-corrected chi connectivity index (χ0v) is 18.8. The summed E-state index contributed by atoms with van der Waals surface area (Å²) < 4.78 is 176. The van der Waals surface area contributed by atoms with Crippen LogP contribution in [-0.4, -0.2) is 35.9 Å². The molecule has 14 heteroatoms. The van der Waals surface area contributed by atoms with Crippen molar-refractivity contribution < 1.29 is 62.2 Å². The lowest BCUT2D eigenvalue weighted by atomic mass is 9.97. The van der Waals surface area contributed by atoms with Gasteiger partial charge in [0.15, 0.2) is 0 Å². The van der Waals surface area contributed by atoms with Gasteiger partial charge in [-0.3, -0.25) is 0 Å². The van der Waals surface area contributed by atoms with Gasteiger partial charge in [-0.25, -0.2) is 0 Å². The maximum Gasteiger partial charge on any atom is 0.471 e. The number of benzene rings is 2. The number of halogens is 12. The van der Waals surface area contributed by atoms with Crippen molar-refractivity contribution in [3.63, 3.8) is 0 Å². The van der Waals surface area contributed by atoms with Crippen LogP contribution in [0.15, 0.2) is 36.4 Å². The van der Waals surface area contributed by atoms with Crippen LogP contribution in [0.4, 0.5) is 52.7 Å². The fraction of sp³-hybridized carbons (Fsp3) is 0.455. The van der Waals surface area contributed by atoms with Crippen LogP contribution >= 0.6 is 0 Å². The number of hydrogen-bond donors (Lipinski definition) is 0. The number of aryl methyl sites for hydroxylation is 4.